The van der Waals surface area contributed by atoms with Crippen LogP contribution in [0.3, 0.4) is 0 Å². The Morgan fingerprint density at radius 3 is 2.64 bits per heavy atom. The van der Waals surface area contributed by atoms with E-state index in [9.17, 15) is 14.4 Å². The van der Waals surface area contributed by atoms with Crippen LogP contribution in [-0.4, -0.2) is 70.8 Å². The molecular formula is C18H17N5O5. The van der Waals surface area contributed by atoms with E-state index in [2.05, 4.69) is 20.0 Å². The molecule has 0 spiro atoms. The van der Waals surface area contributed by atoms with E-state index in [-0.39, 0.29) is 35.9 Å². The fourth-order valence-corrected chi connectivity index (χ4v) is 3.55. The molecule has 1 aromatic heterocycles. The highest BCUT2D eigenvalue weighted by Gasteiger charge is 2.41. The van der Waals surface area contributed by atoms with Crippen LogP contribution < -0.4 is 0 Å². The smallest absolute Gasteiger partial charge is 0.361 e. The number of esters is 2. The third kappa shape index (κ3) is 2.73. The van der Waals surface area contributed by atoms with Gasteiger partial charge in [0.05, 0.1) is 37.6 Å². The van der Waals surface area contributed by atoms with E-state index in [1.54, 1.807) is 29.3 Å². The molecule has 1 fully saturated rings. The van der Waals surface area contributed by atoms with Gasteiger partial charge in [-0.1, -0.05) is 17.3 Å². The third-order valence-electron chi connectivity index (χ3n) is 4.90. The van der Waals surface area contributed by atoms with E-state index in [0.29, 0.717) is 17.7 Å². The maximum atomic E-state index is 13.0. The number of ether oxygens (including phenoxy) is 2. The van der Waals surface area contributed by atoms with Crippen molar-refractivity contribution in [2.75, 3.05) is 20.8 Å². The number of rotatable bonds is 3. The van der Waals surface area contributed by atoms with Crippen molar-refractivity contribution in [1.29, 1.82) is 0 Å². The van der Waals surface area contributed by atoms with Gasteiger partial charge in [0.15, 0.2) is 5.69 Å². The molecule has 2 aliphatic heterocycles. The average Bonchev–Trinajstić information content (AvgIpc) is 3.32. The minimum absolute atomic E-state index is 0.0956. The molecule has 1 saturated heterocycles. The van der Waals surface area contributed by atoms with Crippen molar-refractivity contribution in [3.63, 3.8) is 0 Å². The number of aromatic nitrogens is 3. The average molecular weight is 383 g/mol. The lowest BCUT2D eigenvalue weighted by molar-refractivity contribution is 0.0541. The molecule has 0 unspecified atom stereocenters. The first-order valence-electron chi connectivity index (χ1n) is 8.61. The molecule has 4 rings (SSSR count). The molecule has 0 bridgehead atoms. The van der Waals surface area contributed by atoms with Gasteiger partial charge in [0.1, 0.15) is 0 Å². The maximum Gasteiger partial charge on any atom is 0.361 e. The first-order chi connectivity index (χ1) is 13.5. The second-order valence-electron chi connectivity index (χ2n) is 6.42. The van der Waals surface area contributed by atoms with E-state index in [4.69, 9.17) is 4.74 Å². The maximum absolute atomic E-state index is 13.0. The molecule has 10 nitrogen and oxygen atoms in total. The van der Waals surface area contributed by atoms with Crippen molar-refractivity contribution in [3.8, 4) is 0 Å². The standard InChI is InChI=1S/C18H17N5O5/c1-27-17(25)14-15(18(26)28-2)23(21-20-14)11-7-10-8-19-13-6-4-3-5-12(13)16(24)22(10)9-11/h3-6,8,10-11H,7,9H2,1-2H3/t10-,11-/m0/s1. The first kappa shape index (κ1) is 17.8. The van der Waals surface area contributed by atoms with E-state index >= 15 is 0 Å². The number of nitrogens with zero attached hydrogens (tertiary/aromatic N) is 5. The number of methoxy groups -OCH3 is 2. The van der Waals surface area contributed by atoms with Gasteiger partial charge in [-0.2, -0.15) is 0 Å². The molecule has 28 heavy (non-hydrogen) atoms. The Morgan fingerprint density at radius 2 is 1.89 bits per heavy atom. The Bertz CT molecular complexity index is 998. The largest absolute Gasteiger partial charge is 0.464 e. The number of para-hydroxylation sites is 1. The molecule has 144 valence electrons. The van der Waals surface area contributed by atoms with Gasteiger partial charge in [-0.15, -0.1) is 5.10 Å². The number of hydrogen-bond acceptors (Lipinski definition) is 8. The summed E-state index contributed by atoms with van der Waals surface area (Å²) in [5.41, 5.74) is 0.829. The van der Waals surface area contributed by atoms with Crippen LogP contribution in [0.5, 0.6) is 0 Å². The monoisotopic (exact) mass is 383 g/mol. The second kappa shape index (κ2) is 6.87. The Morgan fingerprint density at radius 1 is 1.14 bits per heavy atom. The lowest BCUT2D eigenvalue weighted by Gasteiger charge is -2.20. The van der Waals surface area contributed by atoms with Crippen LogP contribution in [0.2, 0.25) is 0 Å². The van der Waals surface area contributed by atoms with Crippen LogP contribution in [0.15, 0.2) is 29.3 Å². The fraction of sp³-hybridized carbons (Fsp3) is 0.333. The number of carbonyl (C=O) groups excluding carboxylic acids is 3. The lowest BCUT2D eigenvalue weighted by Crippen LogP contribution is -2.35. The van der Waals surface area contributed by atoms with Crippen molar-refractivity contribution in [2.45, 2.75) is 18.5 Å². The van der Waals surface area contributed by atoms with Crippen LogP contribution in [0.4, 0.5) is 5.69 Å². The number of carbonyl (C=O) groups is 3. The highest BCUT2D eigenvalue weighted by atomic mass is 16.5. The van der Waals surface area contributed by atoms with Gasteiger partial charge in [-0.25, -0.2) is 14.3 Å². The normalized spacial score (nSPS) is 20.4. The number of benzene rings is 1. The van der Waals surface area contributed by atoms with Gasteiger partial charge in [-0.05, 0) is 18.6 Å². The summed E-state index contributed by atoms with van der Waals surface area (Å²) in [5, 5.41) is 7.76. The van der Waals surface area contributed by atoms with Gasteiger partial charge in [0, 0.05) is 12.8 Å². The summed E-state index contributed by atoms with van der Waals surface area (Å²) in [5.74, 6) is -1.68. The summed E-state index contributed by atoms with van der Waals surface area (Å²) >= 11 is 0. The van der Waals surface area contributed by atoms with Crippen LogP contribution in [0.1, 0.15) is 43.8 Å². The molecule has 0 aliphatic carbocycles. The van der Waals surface area contributed by atoms with Gasteiger partial charge in [-0.3, -0.25) is 9.79 Å². The summed E-state index contributed by atoms with van der Waals surface area (Å²) in [4.78, 5) is 43.3. The molecule has 3 heterocycles. The van der Waals surface area contributed by atoms with E-state index in [0.717, 1.165) is 0 Å². The zero-order chi connectivity index (χ0) is 19.8. The first-order valence-corrected chi connectivity index (χ1v) is 8.61. The molecule has 2 atom stereocenters. The number of fused-ring (bicyclic) bond motifs is 2. The molecule has 1 amide bonds. The van der Waals surface area contributed by atoms with Crippen molar-refractivity contribution >= 4 is 29.7 Å². The van der Waals surface area contributed by atoms with Gasteiger partial charge in [0.25, 0.3) is 5.91 Å². The van der Waals surface area contributed by atoms with Crippen molar-refractivity contribution in [2.24, 2.45) is 4.99 Å². The summed E-state index contributed by atoms with van der Waals surface area (Å²) < 4.78 is 10.8. The topological polar surface area (TPSA) is 116 Å². The molecule has 0 N–H and O–H groups in total. The third-order valence-corrected chi connectivity index (χ3v) is 4.90. The number of aliphatic imine (C=N–C) groups is 1. The van der Waals surface area contributed by atoms with Crippen LogP contribution in [0, 0.1) is 0 Å². The van der Waals surface area contributed by atoms with Gasteiger partial charge < -0.3 is 14.4 Å². The Labute approximate surface area is 159 Å². The van der Waals surface area contributed by atoms with Crippen LogP contribution in [-0.2, 0) is 9.47 Å². The van der Waals surface area contributed by atoms with Crippen LogP contribution >= 0.6 is 0 Å². The van der Waals surface area contributed by atoms with Gasteiger partial charge in [0.2, 0.25) is 5.69 Å². The Kier molecular flexibility index (Phi) is 4.38. The highest BCUT2D eigenvalue weighted by molar-refractivity contribution is 6.03. The Hall–Kier alpha value is -3.56. The molecule has 10 heteroatoms. The zero-order valence-corrected chi connectivity index (χ0v) is 15.2. The summed E-state index contributed by atoms with van der Waals surface area (Å²) in [7, 11) is 2.39. The van der Waals surface area contributed by atoms with Crippen molar-refractivity contribution < 1.29 is 23.9 Å². The number of hydrogen-bond donors (Lipinski definition) is 0. The van der Waals surface area contributed by atoms with E-state index in [1.807, 2.05) is 6.07 Å². The predicted molar refractivity (Wildman–Crippen MR) is 95.8 cm³/mol. The lowest BCUT2D eigenvalue weighted by atomic mass is 10.1. The quantitative estimate of drug-likeness (QED) is 0.727. The van der Waals surface area contributed by atoms with Crippen LogP contribution in [0.25, 0.3) is 0 Å². The van der Waals surface area contributed by atoms with E-state index in [1.165, 1.54) is 18.9 Å². The molecule has 0 saturated carbocycles. The second-order valence-corrected chi connectivity index (χ2v) is 6.42. The fourth-order valence-electron chi connectivity index (χ4n) is 3.55. The SMILES string of the molecule is COC(=O)c1nnn([C@H]2C[C@H]3C=Nc4ccccc4C(=O)N3C2)c1C(=O)OC. The summed E-state index contributed by atoms with van der Waals surface area (Å²) in [6, 6.07) is 6.51. The molecule has 0 radical (unpaired) electrons. The highest BCUT2D eigenvalue weighted by Crippen LogP contribution is 2.33. The molecule has 2 aromatic rings. The summed E-state index contributed by atoms with van der Waals surface area (Å²) in [6.45, 7) is 0.290. The van der Waals surface area contributed by atoms with Gasteiger partial charge >= 0.3 is 11.9 Å². The van der Waals surface area contributed by atoms with E-state index < -0.39 is 11.9 Å². The predicted octanol–water partition coefficient (Wildman–Crippen LogP) is 1.02. The molecule has 2 aliphatic rings. The zero-order valence-electron chi connectivity index (χ0n) is 15.2. The van der Waals surface area contributed by atoms with Crippen molar-refractivity contribution in [3.05, 3.63) is 41.2 Å². The minimum Gasteiger partial charge on any atom is -0.464 e. The van der Waals surface area contributed by atoms with Crippen molar-refractivity contribution in [1.82, 2.24) is 19.9 Å². The Balaban J connectivity index is 1.69. The minimum atomic E-state index is -0.786. The summed E-state index contributed by atoms with van der Waals surface area (Å²) in [6.07, 6.45) is 2.19. The molecule has 1 aromatic carbocycles. The number of amides is 1. The molecular weight excluding hydrogens is 366 g/mol.